The molecule has 0 unspecified atom stereocenters. The fraction of sp³-hybridized carbons (Fsp3) is 1.00. The standard InChI is InChI=1S/C12H22F2N2/c1-10(2,3)8-16-5-4-11(6-15-7-11)12(13,14)9-16/h15H,4-9H2,1-3H3. The quantitative estimate of drug-likeness (QED) is 0.743. The fourth-order valence-electron chi connectivity index (χ4n) is 2.75. The van der Waals surface area contributed by atoms with Crippen LogP contribution in [0.1, 0.15) is 27.2 Å². The van der Waals surface area contributed by atoms with E-state index in [2.05, 4.69) is 26.1 Å². The summed E-state index contributed by atoms with van der Waals surface area (Å²) in [4.78, 5) is 1.92. The van der Waals surface area contributed by atoms with Crippen LogP contribution in [0.25, 0.3) is 0 Å². The summed E-state index contributed by atoms with van der Waals surface area (Å²) in [6.07, 6.45) is 0.628. The third-order valence-corrected chi connectivity index (χ3v) is 3.73. The minimum atomic E-state index is -2.53. The number of hydrogen-bond acceptors (Lipinski definition) is 2. The van der Waals surface area contributed by atoms with Crippen molar-refractivity contribution < 1.29 is 8.78 Å². The first-order chi connectivity index (χ1) is 7.24. The van der Waals surface area contributed by atoms with Crippen molar-refractivity contribution in [2.24, 2.45) is 10.8 Å². The number of nitrogens with one attached hydrogen (secondary N) is 1. The smallest absolute Gasteiger partial charge is 0.268 e. The van der Waals surface area contributed by atoms with Crippen LogP contribution in [-0.2, 0) is 0 Å². The van der Waals surface area contributed by atoms with Gasteiger partial charge in [-0.25, -0.2) is 8.78 Å². The van der Waals surface area contributed by atoms with Crippen molar-refractivity contribution in [2.45, 2.75) is 33.1 Å². The lowest BCUT2D eigenvalue weighted by Crippen LogP contribution is -2.69. The summed E-state index contributed by atoms with van der Waals surface area (Å²) < 4.78 is 28.1. The van der Waals surface area contributed by atoms with Crippen molar-refractivity contribution in [3.63, 3.8) is 0 Å². The van der Waals surface area contributed by atoms with Crippen molar-refractivity contribution in [3.8, 4) is 0 Å². The molecule has 0 aromatic carbocycles. The number of rotatable bonds is 1. The van der Waals surface area contributed by atoms with Gasteiger partial charge in [0.25, 0.3) is 5.92 Å². The summed E-state index contributed by atoms with van der Waals surface area (Å²) in [5, 5.41) is 2.99. The van der Waals surface area contributed by atoms with Gasteiger partial charge in [0.2, 0.25) is 0 Å². The highest BCUT2D eigenvalue weighted by atomic mass is 19.3. The van der Waals surface area contributed by atoms with E-state index in [1.165, 1.54) is 0 Å². The van der Waals surface area contributed by atoms with E-state index in [1.54, 1.807) is 0 Å². The molecule has 4 heteroatoms. The second kappa shape index (κ2) is 3.64. The van der Waals surface area contributed by atoms with Gasteiger partial charge in [0, 0.05) is 19.6 Å². The largest absolute Gasteiger partial charge is 0.315 e. The molecular formula is C12H22F2N2. The Kier molecular flexibility index (Phi) is 2.78. The zero-order valence-corrected chi connectivity index (χ0v) is 10.4. The Labute approximate surface area is 96.4 Å². The zero-order valence-electron chi connectivity index (χ0n) is 10.4. The number of alkyl halides is 2. The molecule has 2 saturated heterocycles. The van der Waals surface area contributed by atoms with Crippen LogP contribution in [-0.4, -0.2) is 43.5 Å². The minimum Gasteiger partial charge on any atom is -0.315 e. The molecule has 2 heterocycles. The molecule has 1 spiro atoms. The first-order valence-corrected chi connectivity index (χ1v) is 6.05. The van der Waals surface area contributed by atoms with Crippen molar-refractivity contribution in [1.82, 2.24) is 10.2 Å². The van der Waals surface area contributed by atoms with Gasteiger partial charge >= 0.3 is 0 Å². The molecule has 2 nitrogen and oxygen atoms in total. The van der Waals surface area contributed by atoms with Gasteiger partial charge in [-0.05, 0) is 18.4 Å². The highest BCUT2D eigenvalue weighted by Crippen LogP contribution is 2.46. The van der Waals surface area contributed by atoms with Crippen molar-refractivity contribution in [1.29, 1.82) is 0 Å². The minimum absolute atomic E-state index is 0.0635. The molecule has 0 atom stereocenters. The van der Waals surface area contributed by atoms with E-state index in [0.29, 0.717) is 19.5 Å². The van der Waals surface area contributed by atoms with Crippen LogP contribution in [0.5, 0.6) is 0 Å². The Hall–Kier alpha value is -0.220. The van der Waals surface area contributed by atoms with E-state index in [-0.39, 0.29) is 12.0 Å². The predicted octanol–water partition coefficient (Wildman–Crippen LogP) is 1.96. The summed E-state index contributed by atoms with van der Waals surface area (Å²) in [6.45, 7) is 8.78. The van der Waals surface area contributed by atoms with E-state index in [1.807, 2.05) is 4.90 Å². The molecule has 0 saturated carbocycles. The number of likely N-dealkylation sites (tertiary alicyclic amines) is 1. The van der Waals surface area contributed by atoms with Gasteiger partial charge in [0.15, 0.2) is 0 Å². The van der Waals surface area contributed by atoms with E-state index in [9.17, 15) is 8.78 Å². The Morgan fingerprint density at radius 1 is 1.25 bits per heavy atom. The van der Waals surface area contributed by atoms with E-state index in [0.717, 1.165) is 13.1 Å². The van der Waals surface area contributed by atoms with Gasteiger partial charge in [-0.15, -0.1) is 0 Å². The lowest BCUT2D eigenvalue weighted by molar-refractivity contribution is -0.191. The first kappa shape index (κ1) is 12.2. The van der Waals surface area contributed by atoms with Crippen LogP contribution < -0.4 is 5.32 Å². The molecule has 2 fully saturated rings. The molecule has 1 N–H and O–H groups in total. The van der Waals surface area contributed by atoms with E-state index >= 15 is 0 Å². The molecule has 94 valence electrons. The lowest BCUT2D eigenvalue weighted by Gasteiger charge is -2.53. The number of hydrogen-bond donors (Lipinski definition) is 1. The second-order valence-corrected chi connectivity index (χ2v) is 6.61. The maximum atomic E-state index is 14.0. The van der Waals surface area contributed by atoms with Gasteiger partial charge in [-0.3, -0.25) is 4.90 Å². The summed E-state index contributed by atoms with van der Waals surface area (Å²) in [5.41, 5.74) is -0.639. The van der Waals surface area contributed by atoms with Crippen molar-refractivity contribution in [2.75, 3.05) is 32.7 Å². The van der Waals surface area contributed by atoms with Gasteiger partial charge in [0.05, 0.1) is 12.0 Å². The highest BCUT2D eigenvalue weighted by molar-refractivity contribution is 5.06. The Bertz CT molecular complexity index is 267. The van der Waals surface area contributed by atoms with Crippen LogP contribution in [0, 0.1) is 10.8 Å². The molecule has 2 aliphatic rings. The van der Waals surface area contributed by atoms with Gasteiger partial charge in [0.1, 0.15) is 0 Å². The molecule has 0 aromatic rings. The van der Waals surface area contributed by atoms with Crippen molar-refractivity contribution in [3.05, 3.63) is 0 Å². The Balaban J connectivity index is 1.99. The molecule has 16 heavy (non-hydrogen) atoms. The van der Waals surface area contributed by atoms with E-state index < -0.39 is 11.3 Å². The van der Waals surface area contributed by atoms with E-state index in [4.69, 9.17) is 0 Å². The number of nitrogens with zero attached hydrogens (tertiary/aromatic N) is 1. The first-order valence-electron chi connectivity index (χ1n) is 6.05. The van der Waals surface area contributed by atoms with Crippen LogP contribution in [0.3, 0.4) is 0 Å². The molecular weight excluding hydrogens is 210 g/mol. The summed E-state index contributed by atoms with van der Waals surface area (Å²) >= 11 is 0. The zero-order chi connectivity index (χ0) is 12.0. The van der Waals surface area contributed by atoms with Gasteiger partial charge in [-0.2, -0.15) is 0 Å². The van der Waals surface area contributed by atoms with Crippen LogP contribution in [0.4, 0.5) is 8.78 Å². The molecule has 2 rings (SSSR count). The van der Waals surface area contributed by atoms with Crippen molar-refractivity contribution >= 4 is 0 Å². The topological polar surface area (TPSA) is 15.3 Å². The molecule has 0 bridgehead atoms. The van der Waals surface area contributed by atoms with Crippen LogP contribution in [0.2, 0.25) is 0 Å². The Morgan fingerprint density at radius 2 is 1.88 bits per heavy atom. The normalized spacial score (nSPS) is 29.1. The monoisotopic (exact) mass is 232 g/mol. The number of piperidine rings is 1. The molecule has 0 aromatic heterocycles. The lowest BCUT2D eigenvalue weighted by atomic mass is 9.70. The summed E-state index contributed by atoms with van der Waals surface area (Å²) in [6, 6.07) is 0. The summed E-state index contributed by atoms with van der Waals surface area (Å²) in [7, 11) is 0. The molecule has 2 aliphatic heterocycles. The fourth-order valence-corrected chi connectivity index (χ4v) is 2.75. The SMILES string of the molecule is CC(C)(C)CN1CCC2(CNC2)C(F)(F)C1. The average Bonchev–Trinajstić information content (AvgIpc) is 1.95. The molecule has 0 amide bonds. The second-order valence-electron chi connectivity index (χ2n) is 6.61. The van der Waals surface area contributed by atoms with Crippen LogP contribution in [0.15, 0.2) is 0 Å². The van der Waals surface area contributed by atoms with Gasteiger partial charge in [-0.1, -0.05) is 20.8 Å². The predicted molar refractivity (Wildman–Crippen MR) is 60.8 cm³/mol. The average molecular weight is 232 g/mol. The third-order valence-electron chi connectivity index (χ3n) is 3.73. The van der Waals surface area contributed by atoms with Gasteiger partial charge < -0.3 is 5.32 Å². The molecule has 0 radical (unpaired) electrons. The van der Waals surface area contributed by atoms with Crippen LogP contribution >= 0.6 is 0 Å². The Morgan fingerprint density at radius 3 is 2.25 bits per heavy atom. The maximum Gasteiger partial charge on any atom is 0.268 e. The maximum absolute atomic E-state index is 14.0. The highest BCUT2D eigenvalue weighted by Gasteiger charge is 2.59. The summed E-state index contributed by atoms with van der Waals surface area (Å²) in [5.74, 6) is -2.53. The number of halogens is 2. The third kappa shape index (κ3) is 2.09. The molecule has 0 aliphatic carbocycles.